The summed E-state index contributed by atoms with van der Waals surface area (Å²) in [5, 5.41) is 0. The quantitative estimate of drug-likeness (QED) is 0.543. The Morgan fingerprint density at radius 2 is 1.81 bits per heavy atom. The molecule has 1 aliphatic carbocycles. The van der Waals surface area contributed by atoms with Gasteiger partial charge in [-0.25, -0.2) is 0 Å². The van der Waals surface area contributed by atoms with Crippen molar-refractivity contribution in [2.75, 3.05) is 0 Å². The van der Waals surface area contributed by atoms with Crippen LogP contribution in [0.5, 0.6) is 0 Å². The van der Waals surface area contributed by atoms with Gasteiger partial charge in [0.15, 0.2) is 0 Å². The summed E-state index contributed by atoms with van der Waals surface area (Å²) in [5.74, 6) is 2.58. The molecule has 1 rings (SSSR count). The minimum Gasteiger partial charge on any atom is -0.0999 e. The average Bonchev–Trinajstić information content (AvgIpc) is 2.05. The molecule has 0 bridgehead atoms. The van der Waals surface area contributed by atoms with E-state index in [2.05, 4.69) is 41.2 Å². The Labute approximate surface area is 103 Å². The SMILES string of the molecule is C=C(C)C(CCC(C)C(C)(C)C)C1CCC1. The molecule has 0 heterocycles. The molecule has 0 aromatic heterocycles. The molecule has 0 saturated heterocycles. The Balaban J connectivity index is 2.41. The summed E-state index contributed by atoms with van der Waals surface area (Å²) in [7, 11) is 0. The van der Waals surface area contributed by atoms with Crippen LogP contribution in [-0.2, 0) is 0 Å². The Morgan fingerprint density at radius 3 is 2.12 bits per heavy atom. The molecule has 0 aliphatic heterocycles. The van der Waals surface area contributed by atoms with E-state index < -0.39 is 0 Å². The van der Waals surface area contributed by atoms with E-state index in [1.165, 1.54) is 37.7 Å². The van der Waals surface area contributed by atoms with Crippen LogP contribution in [-0.4, -0.2) is 0 Å². The third-order valence-electron chi connectivity index (χ3n) is 4.74. The number of rotatable bonds is 5. The summed E-state index contributed by atoms with van der Waals surface area (Å²) < 4.78 is 0. The van der Waals surface area contributed by atoms with Crippen LogP contribution in [0.25, 0.3) is 0 Å². The van der Waals surface area contributed by atoms with Crippen LogP contribution in [0.1, 0.15) is 66.7 Å². The lowest BCUT2D eigenvalue weighted by atomic mass is 9.69. The van der Waals surface area contributed by atoms with E-state index >= 15 is 0 Å². The third kappa shape index (κ3) is 3.64. The van der Waals surface area contributed by atoms with Gasteiger partial charge in [-0.2, -0.15) is 0 Å². The largest absolute Gasteiger partial charge is 0.0999 e. The van der Waals surface area contributed by atoms with E-state index in [4.69, 9.17) is 0 Å². The van der Waals surface area contributed by atoms with Gasteiger partial charge in [-0.1, -0.05) is 46.3 Å². The van der Waals surface area contributed by atoms with Crippen molar-refractivity contribution < 1.29 is 0 Å². The second-order valence-electron chi connectivity index (χ2n) is 6.99. The van der Waals surface area contributed by atoms with Gasteiger partial charge < -0.3 is 0 Å². The monoisotopic (exact) mass is 222 g/mol. The predicted octanol–water partition coefficient (Wildman–Crippen LogP) is 5.44. The van der Waals surface area contributed by atoms with Gasteiger partial charge >= 0.3 is 0 Å². The Kier molecular flexibility index (Phi) is 4.64. The van der Waals surface area contributed by atoms with Gasteiger partial charge in [0.2, 0.25) is 0 Å². The molecule has 0 radical (unpaired) electrons. The van der Waals surface area contributed by atoms with Crippen molar-refractivity contribution in [2.45, 2.75) is 66.7 Å². The van der Waals surface area contributed by atoms with Crippen molar-refractivity contribution in [1.29, 1.82) is 0 Å². The average molecular weight is 222 g/mol. The first kappa shape index (κ1) is 13.8. The molecular formula is C16H30. The molecule has 94 valence electrons. The molecular weight excluding hydrogens is 192 g/mol. The highest BCUT2D eigenvalue weighted by atomic mass is 14.3. The van der Waals surface area contributed by atoms with E-state index in [0.29, 0.717) is 5.41 Å². The molecule has 1 saturated carbocycles. The third-order valence-corrected chi connectivity index (χ3v) is 4.74. The van der Waals surface area contributed by atoms with E-state index in [1.54, 1.807) is 0 Å². The van der Waals surface area contributed by atoms with Crippen LogP contribution in [0.4, 0.5) is 0 Å². The van der Waals surface area contributed by atoms with Crippen LogP contribution in [0.3, 0.4) is 0 Å². The fraction of sp³-hybridized carbons (Fsp3) is 0.875. The molecule has 0 amide bonds. The van der Waals surface area contributed by atoms with Crippen LogP contribution in [0, 0.1) is 23.2 Å². The predicted molar refractivity (Wildman–Crippen MR) is 73.5 cm³/mol. The molecule has 0 nitrogen and oxygen atoms in total. The second-order valence-corrected chi connectivity index (χ2v) is 6.99. The van der Waals surface area contributed by atoms with Crippen molar-refractivity contribution in [2.24, 2.45) is 23.2 Å². The maximum absolute atomic E-state index is 4.20. The minimum absolute atomic E-state index is 0.458. The van der Waals surface area contributed by atoms with Crippen molar-refractivity contribution >= 4 is 0 Å². The fourth-order valence-electron chi connectivity index (χ4n) is 2.59. The topological polar surface area (TPSA) is 0 Å². The zero-order chi connectivity index (χ0) is 12.3. The van der Waals surface area contributed by atoms with Gasteiger partial charge in [0.25, 0.3) is 0 Å². The molecule has 1 fully saturated rings. The van der Waals surface area contributed by atoms with Crippen molar-refractivity contribution in [3.05, 3.63) is 12.2 Å². The molecule has 0 aromatic carbocycles. The van der Waals surface area contributed by atoms with E-state index in [0.717, 1.165) is 17.8 Å². The lowest BCUT2D eigenvalue weighted by molar-refractivity contribution is 0.185. The van der Waals surface area contributed by atoms with Crippen molar-refractivity contribution in [3.8, 4) is 0 Å². The first-order valence-corrected chi connectivity index (χ1v) is 6.97. The summed E-state index contributed by atoms with van der Waals surface area (Å²) in [6.07, 6.45) is 7.06. The lowest BCUT2D eigenvalue weighted by Crippen LogP contribution is -2.25. The normalized spacial score (nSPS) is 21.3. The van der Waals surface area contributed by atoms with Gasteiger partial charge in [-0.3, -0.25) is 0 Å². The van der Waals surface area contributed by atoms with E-state index in [9.17, 15) is 0 Å². The van der Waals surface area contributed by atoms with Crippen LogP contribution >= 0.6 is 0 Å². The Morgan fingerprint density at radius 1 is 1.25 bits per heavy atom. The van der Waals surface area contributed by atoms with Gasteiger partial charge in [0.1, 0.15) is 0 Å². The summed E-state index contributed by atoms with van der Waals surface area (Å²) in [5.41, 5.74) is 1.88. The van der Waals surface area contributed by atoms with Gasteiger partial charge in [-0.05, 0) is 55.8 Å². The van der Waals surface area contributed by atoms with Gasteiger partial charge in [-0.15, -0.1) is 0 Å². The standard InChI is InChI=1S/C16H30/c1-12(2)15(14-8-7-9-14)11-10-13(3)16(4,5)6/h13-15H,1,7-11H2,2-6H3. The van der Waals surface area contributed by atoms with Crippen LogP contribution in [0.15, 0.2) is 12.2 Å². The Bertz CT molecular complexity index is 227. The van der Waals surface area contributed by atoms with Gasteiger partial charge in [0, 0.05) is 0 Å². The molecule has 0 heteroatoms. The number of hydrogen-bond donors (Lipinski definition) is 0. The zero-order valence-corrected chi connectivity index (χ0v) is 12.0. The van der Waals surface area contributed by atoms with Crippen LogP contribution in [0.2, 0.25) is 0 Å². The van der Waals surface area contributed by atoms with Gasteiger partial charge in [0.05, 0.1) is 0 Å². The van der Waals surface area contributed by atoms with Crippen LogP contribution < -0.4 is 0 Å². The molecule has 2 unspecified atom stereocenters. The molecule has 0 N–H and O–H groups in total. The van der Waals surface area contributed by atoms with Crippen molar-refractivity contribution in [1.82, 2.24) is 0 Å². The molecule has 2 atom stereocenters. The highest BCUT2D eigenvalue weighted by Gasteiger charge is 2.29. The number of hydrogen-bond acceptors (Lipinski definition) is 0. The maximum Gasteiger partial charge on any atom is -0.0180 e. The fourth-order valence-corrected chi connectivity index (χ4v) is 2.59. The molecule has 0 aromatic rings. The van der Waals surface area contributed by atoms with E-state index in [1.807, 2.05) is 0 Å². The summed E-state index contributed by atoms with van der Waals surface area (Å²) in [6, 6.07) is 0. The molecule has 16 heavy (non-hydrogen) atoms. The Hall–Kier alpha value is -0.260. The number of allylic oxidation sites excluding steroid dienone is 1. The summed E-state index contributed by atoms with van der Waals surface area (Å²) >= 11 is 0. The zero-order valence-electron chi connectivity index (χ0n) is 12.0. The maximum atomic E-state index is 4.20. The van der Waals surface area contributed by atoms with Crippen molar-refractivity contribution in [3.63, 3.8) is 0 Å². The highest BCUT2D eigenvalue weighted by molar-refractivity contribution is 5.01. The minimum atomic E-state index is 0.458. The lowest BCUT2D eigenvalue weighted by Gasteiger charge is -2.36. The molecule has 0 spiro atoms. The molecule has 1 aliphatic rings. The highest BCUT2D eigenvalue weighted by Crippen LogP contribution is 2.41. The first-order chi connectivity index (χ1) is 7.32. The second kappa shape index (κ2) is 5.38. The van der Waals surface area contributed by atoms with E-state index in [-0.39, 0.29) is 0 Å². The first-order valence-electron chi connectivity index (χ1n) is 6.97. The summed E-state index contributed by atoms with van der Waals surface area (Å²) in [6.45, 7) is 15.9. The smallest absolute Gasteiger partial charge is 0.0180 e. The summed E-state index contributed by atoms with van der Waals surface area (Å²) in [4.78, 5) is 0.